The number of amides is 1. The van der Waals surface area contributed by atoms with E-state index < -0.39 is 0 Å². The van der Waals surface area contributed by atoms with Gasteiger partial charge in [0.2, 0.25) is 5.91 Å². The highest BCUT2D eigenvalue weighted by molar-refractivity contribution is 5.79. The van der Waals surface area contributed by atoms with Crippen molar-refractivity contribution in [3.05, 3.63) is 11.9 Å². The second-order valence-corrected chi connectivity index (χ2v) is 11.6. The summed E-state index contributed by atoms with van der Waals surface area (Å²) in [4.78, 5) is 13.1. The Balaban J connectivity index is 1.76. The van der Waals surface area contributed by atoms with Crippen LogP contribution in [0, 0.1) is 11.8 Å². The number of carbonyl (C=O) groups excluding carboxylic acids is 1. The highest BCUT2D eigenvalue weighted by Crippen LogP contribution is 2.28. The molecule has 196 valence electrons. The van der Waals surface area contributed by atoms with E-state index in [1.165, 1.54) is 64.2 Å². The highest BCUT2D eigenvalue weighted by atomic mass is 16.5. The zero-order chi connectivity index (χ0) is 25.0. The van der Waals surface area contributed by atoms with Crippen molar-refractivity contribution in [1.29, 1.82) is 0 Å². The van der Waals surface area contributed by atoms with Crippen LogP contribution in [0.4, 0.5) is 0 Å². The third-order valence-corrected chi connectivity index (χ3v) is 7.44. The van der Waals surface area contributed by atoms with Crippen LogP contribution in [-0.2, 0) is 22.6 Å². The van der Waals surface area contributed by atoms with Crippen molar-refractivity contribution in [3.63, 3.8) is 0 Å². The Kier molecular flexibility index (Phi) is 12.0. The summed E-state index contributed by atoms with van der Waals surface area (Å²) in [6.07, 6.45) is 16.5. The van der Waals surface area contributed by atoms with Gasteiger partial charge in [-0.05, 0) is 59.3 Å². The summed E-state index contributed by atoms with van der Waals surface area (Å²) >= 11 is 0. The van der Waals surface area contributed by atoms with E-state index in [0.29, 0.717) is 19.1 Å². The number of rotatable bonds is 11. The SMILES string of the molecule is CC(C(=O)NC(C)(C)CCOC(C)(C)CCn1cc(CN)nn1)C1CCCCCCCCCC1. The zero-order valence-electron chi connectivity index (χ0n) is 22.6. The van der Waals surface area contributed by atoms with Gasteiger partial charge < -0.3 is 15.8 Å². The molecule has 34 heavy (non-hydrogen) atoms. The van der Waals surface area contributed by atoms with E-state index in [-0.39, 0.29) is 23.0 Å². The molecule has 0 saturated heterocycles. The fourth-order valence-corrected chi connectivity index (χ4v) is 4.82. The predicted octanol–water partition coefficient (Wildman–Crippen LogP) is 5.37. The van der Waals surface area contributed by atoms with E-state index >= 15 is 0 Å². The van der Waals surface area contributed by atoms with Crippen molar-refractivity contribution in [3.8, 4) is 0 Å². The molecule has 1 atom stereocenters. The lowest BCUT2D eigenvalue weighted by Crippen LogP contribution is -2.48. The van der Waals surface area contributed by atoms with Gasteiger partial charge in [-0.15, -0.1) is 5.10 Å². The Hall–Kier alpha value is -1.47. The minimum absolute atomic E-state index is 0.0680. The molecule has 0 spiro atoms. The van der Waals surface area contributed by atoms with E-state index in [2.05, 4.69) is 50.2 Å². The Labute approximate surface area is 208 Å². The van der Waals surface area contributed by atoms with Crippen molar-refractivity contribution >= 4 is 5.91 Å². The van der Waals surface area contributed by atoms with Crippen LogP contribution in [0.2, 0.25) is 0 Å². The van der Waals surface area contributed by atoms with Crippen molar-refractivity contribution < 1.29 is 9.53 Å². The van der Waals surface area contributed by atoms with Crippen LogP contribution in [0.15, 0.2) is 6.20 Å². The van der Waals surface area contributed by atoms with Crippen LogP contribution in [0.3, 0.4) is 0 Å². The van der Waals surface area contributed by atoms with Gasteiger partial charge in [0, 0.05) is 37.4 Å². The predicted molar refractivity (Wildman–Crippen MR) is 138 cm³/mol. The van der Waals surface area contributed by atoms with Crippen LogP contribution in [0.25, 0.3) is 0 Å². The molecule has 7 nitrogen and oxygen atoms in total. The maximum Gasteiger partial charge on any atom is 0.223 e. The molecule has 0 aliphatic heterocycles. The van der Waals surface area contributed by atoms with Gasteiger partial charge in [0.1, 0.15) is 0 Å². The molecule has 3 N–H and O–H groups in total. The normalized spacial score (nSPS) is 18.3. The van der Waals surface area contributed by atoms with Crippen LogP contribution in [-0.4, -0.2) is 38.6 Å². The number of hydrogen-bond acceptors (Lipinski definition) is 5. The number of carbonyl (C=O) groups is 1. The summed E-state index contributed by atoms with van der Waals surface area (Å²) in [6.45, 7) is 12.3. The lowest BCUT2D eigenvalue weighted by molar-refractivity contribution is -0.128. The minimum atomic E-state index is -0.295. The summed E-state index contributed by atoms with van der Waals surface area (Å²) in [7, 11) is 0. The summed E-state index contributed by atoms with van der Waals surface area (Å²) in [5.74, 6) is 0.769. The molecule has 1 aliphatic rings. The molecule has 2 rings (SSSR count). The number of hydrogen-bond donors (Lipinski definition) is 2. The van der Waals surface area contributed by atoms with Gasteiger partial charge in [-0.3, -0.25) is 9.48 Å². The maximum absolute atomic E-state index is 13.1. The number of aromatic nitrogens is 3. The highest BCUT2D eigenvalue weighted by Gasteiger charge is 2.29. The molecular formula is C27H51N5O2. The summed E-state index contributed by atoms with van der Waals surface area (Å²) in [6, 6.07) is 0. The van der Waals surface area contributed by atoms with Crippen LogP contribution in [0.5, 0.6) is 0 Å². The summed E-state index contributed by atoms with van der Waals surface area (Å²) < 4.78 is 8.03. The summed E-state index contributed by atoms with van der Waals surface area (Å²) in [5, 5.41) is 11.5. The first-order chi connectivity index (χ1) is 16.1. The molecule has 0 radical (unpaired) electrons. The quantitative estimate of drug-likeness (QED) is 0.446. The van der Waals surface area contributed by atoms with Crippen molar-refractivity contribution in [1.82, 2.24) is 20.3 Å². The van der Waals surface area contributed by atoms with E-state index in [4.69, 9.17) is 10.5 Å². The Morgan fingerprint density at radius 3 is 2.24 bits per heavy atom. The molecule has 1 heterocycles. The van der Waals surface area contributed by atoms with Crippen molar-refractivity contribution in [2.45, 2.75) is 136 Å². The second-order valence-electron chi connectivity index (χ2n) is 11.6. The topological polar surface area (TPSA) is 95.1 Å². The fourth-order valence-electron chi connectivity index (χ4n) is 4.82. The molecule has 1 aromatic heterocycles. The first-order valence-corrected chi connectivity index (χ1v) is 13.7. The average Bonchev–Trinajstić information content (AvgIpc) is 3.22. The monoisotopic (exact) mass is 477 g/mol. The fraction of sp³-hybridized carbons (Fsp3) is 0.889. The van der Waals surface area contributed by atoms with E-state index in [1.54, 1.807) is 0 Å². The lowest BCUT2D eigenvalue weighted by atomic mass is 9.83. The smallest absolute Gasteiger partial charge is 0.223 e. The van der Waals surface area contributed by atoms with Gasteiger partial charge in [-0.25, -0.2) is 0 Å². The molecule has 7 heteroatoms. The third-order valence-electron chi connectivity index (χ3n) is 7.44. The third kappa shape index (κ3) is 10.9. The van der Waals surface area contributed by atoms with E-state index in [1.807, 2.05) is 10.9 Å². The van der Waals surface area contributed by atoms with Crippen molar-refractivity contribution in [2.75, 3.05) is 6.61 Å². The molecule has 0 aromatic carbocycles. The minimum Gasteiger partial charge on any atom is -0.375 e. The summed E-state index contributed by atoms with van der Waals surface area (Å²) in [5.41, 5.74) is 5.83. The van der Waals surface area contributed by atoms with Gasteiger partial charge in [0.15, 0.2) is 0 Å². The van der Waals surface area contributed by atoms with Gasteiger partial charge in [0.05, 0.1) is 11.3 Å². The average molecular weight is 478 g/mol. The number of ether oxygens (including phenoxy) is 1. The number of nitrogens with two attached hydrogens (primary N) is 1. The van der Waals surface area contributed by atoms with Crippen LogP contribution < -0.4 is 11.1 Å². The molecular weight excluding hydrogens is 426 g/mol. The van der Waals surface area contributed by atoms with Gasteiger partial charge >= 0.3 is 0 Å². The number of nitrogens with zero attached hydrogens (tertiary/aromatic N) is 3. The lowest BCUT2D eigenvalue weighted by Gasteiger charge is -2.32. The number of aryl methyl sites for hydroxylation is 1. The number of nitrogens with one attached hydrogen (secondary N) is 1. The van der Waals surface area contributed by atoms with Crippen LogP contribution in [0.1, 0.15) is 117 Å². The van der Waals surface area contributed by atoms with Gasteiger partial charge in [0.25, 0.3) is 0 Å². The Morgan fingerprint density at radius 2 is 1.68 bits per heavy atom. The first-order valence-electron chi connectivity index (χ1n) is 13.7. The Morgan fingerprint density at radius 1 is 1.09 bits per heavy atom. The molecule has 1 aromatic rings. The van der Waals surface area contributed by atoms with Crippen LogP contribution >= 0.6 is 0 Å². The molecule has 1 amide bonds. The van der Waals surface area contributed by atoms with E-state index in [0.717, 1.165) is 25.1 Å². The second kappa shape index (κ2) is 14.2. The van der Waals surface area contributed by atoms with E-state index in [9.17, 15) is 4.79 Å². The molecule has 1 saturated carbocycles. The molecule has 1 aliphatic carbocycles. The van der Waals surface area contributed by atoms with Crippen molar-refractivity contribution in [2.24, 2.45) is 17.6 Å². The molecule has 1 fully saturated rings. The first kappa shape index (κ1) is 28.8. The van der Waals surface area contributed by atoms with Gasteiger partial charge in [-0.1, -0.05) is 63.5 Å². The maximum atomic E-state index is 13.1. The Bertz CT molecular complexity index is 704. The molecule has 0 bridgehead atoms. The standard InChI is InChI=1S/C27H51N5O2/c1-22(23-14-12-10-8-6-7-9-11-13-15-23)25(33)29-26(2,3)17-19-34-27(4,5)16-18-32-21-24(20-28)30-31-32/h21-23H,6-20,28H2,1-5H3,(H,29,33). The molecule has 1 unspecified atom stereocenters. The van der Waals surface area contributed by atoms with Gasteiger partial charge in [-0.2, -0.15) is 0 Å². The largest absolute Gasteiger partial charge is 0.375 e. The zero-order valence-corrected chi connectivity index (χ0v) is 22.6.